The summed E-state index contributed by atoms with van der Waals surface area (Å²) in [4.78, 5) is 11.0. The highest BCUT2D eigenvalue weighted by Crippen LogP contribution is 2.20. The van der Waals surface area contributed by atoms with Crippen LogP contribution in [0.5, 0.6) is 0 Å². The Morgan fingerprint density at radius 1 is 1.62 bits per heavy atom. The lowest BCUT2D eigenvalue weighted by Gasteiger charge is -2.04. The summed E-state index contributed by atoms with van der Waals surface area (Å²) < 4.78 is 12.9. The van der Waals surface area contributed by atoms with Crippen LogP contribution >= 0.6 is 0 Å². The number of carbonyl (C=O) groups excluding carboxylic acids is 1. The van der Waals surface area contributed by atoms with Crippen molar-refractivity contribution >= 4 is 11.5 Å². The van der Waals surface area contributed by atoms with E-state index < -0.39 is 11.6 Å². The minimum Gasteiger partial charge on any atom is -0.396 e. The minimum absolute atomic E-state index is 0.0394. The first kappa shape index (κ1) is 9.20. The van der Waals surface area contributed by atoms with Crippen molar-refractivity contribution in [2.75, 3.05) is 5.73 Å². The second-order valence-corrected chi connectivity index (χ2v) is 2.55. The van der Waals surface area contributed by atoms with Gasteiger partial charge in [-0.2, -0.15) is 5.26 Å². The Morgan fingerprint density at radius 2 is 2.23 bits per heavy atom. The number of rotatable bonds is 1. The van der Waals surface area contributed by atoms with Crippen molar-refractivity contribution in [3.05, 3.63) is 29.1 Å². The summed E-state index contributed by atoms with van der Waals surface area (Å²) in [5, 5.41) is 8.60. The van der Waals surface area contributed by atoms with Crippen LogP contribution in [0.1, 0.15) is 22.8 Å². The third-order valence-corrected chi connectivity index (χ3v) is 1.66. The van der Waals surface area contributed by atoms with Crippen LogP contribution in [-0.4, -0.2) is 5.78 Å². The van der Waals surface area contributed by atoms with Gasteiger partial charge in [0.25, 0.3) is 0 Å². The van der Waals surface area contributed by atoms with E-state index in [9.17, 15) is 9.18 Å². The largest absolute Gasteiger partial charge is 0.396 e. The predicted octanol–water partition coefficient (Wildman–Crippen LogP) is 1.48. The molecule has 0 heterocycles. The number of nitrogens with zero attached hydrogens (tertiary/aromatic N) is 1. The lowest BCUT2D eigenvalue weighted by Crippen LogP contribution is -2.05. The van der Waals surface area contributed by atoms with Crippen LogP contribution in [0.25, 0.3) is 0 Å². The van der Waals surface area contributed by atoms with E-state index in [2.05, 4.69) is 0 Å². The molecule has 0 radical (unpaired) electrons. The average Bonchev–Trinajstić information content (AvgIpc) is 2.08. The van der Waals surface area contributed by atoms with Crippen molar-refractivity contribution in [3.8, 4) is 6.07 Å². The summed E-state index contributed by atoms with van der Waals surface area (Å²) in [5.41, 5.74) is 5.12. The number of nitriles is 1. The van der Waals surface area contributed by atoms with E-state index in [1.165, 1.54) is 13.0 Å². The van der Waals surface area contributed by atoms with E-state index in [4.69, 9.17) is 11.0 Å². The molecular weight excluding hydrogens is 171 g/mol. The molecule has 2 N–H and O–H groups in total. The molecule has 1 aromatic rings. The number of halogens is 1. The summed E-state index contributed by atoms with van der Waals surface area (Å²) >= 11 is 0. The highest BCUT2D eigenvalue weighted by molar-refractivity contribution is 6.01. The van der Waals surface area contributed by atoms with Gasteiger partial charge < -0.3 is 5.73 Å². The molecule has 0 aliphatic carbocycles. The zero-order chi connectivity index (χ0) is 10.0. The Balaban J connectivity index is 3.53. The van der Waals surface area contributed by atoms with E-state index in [1.807, 2.05) is 0 Å². The summed E-state index contributed by atoms with van der Waals surface area (Å²) in [6.45, 7) is 1.24. The zero-order valence-electron chi connectivity index (χ0n) is 6.97. The molecule has 0 saturated heterocycles. The summed E-state index contributed by atoms with van der Waals surface area (Å²) in [6.07, 6.45) is 0. The molecule has 0 spiro atoms. The second kappa shape index (κ2) is 3.23. The monoisotopic (exact) mass is 178 g/mol. The number of nitrogens with two attached hydrogens (primary N) is 1. The van der Waals surface area contributed by atoms with Crippen LogP contribution in [-0.2, 0) is 0 Å². The normalized spacial score (nSPS) is 9.31. The number of ketones is 1. The number of carbonyl (C=O) groups is 1. The fourth-order valence-electron chi connectivity index (χ4n) is 1.07. The predicted molar refractivity (Wildman–Crippen MR) is 45.5 cm³/mol. The first-order valence-corrected chi connectivity index (χ1v) is 3.57. The third kappa shape index (κ3) is 1.49. The SMILES string of the molecule is CC(=O)c1c(C#N)ccc(F)c1N. The van der Waals surface area contributed by atoms with E-state index in [-0.39, 0.29) is 16.8 Å². The Hall–Kier alpha value is -1.89. The molecule has 0 fully saturated rings. The maximum Gasteiger partial charge on any atom is 0.163 e. The Bertz CT molecular complexity index is 407. The van der Waals surface area contributed by atoms with E-state index in [0.29, 0.717) is 0 Å². The third-order valence-electron chi connectivity index (χ3n) is 1.66. The second-order valence-electron chi connectivity index (χ2n) is 2.55. The van der Waals surface area contributed by atoms with Gasteiger partial charge in [0.15, 0.2) is 5.78 Å². The van der Waals surface area contributed by atoms with Crippen molar-refractivity contribution in [2.24, 2.45) is 0 Å². The Kier molecular flexibility index (Phi) is 2.29. The van der Waals surface area contributed by atoms with Crippen molar-refractivity contribution in [1.82, 2.24) is 0 Å². The lowest BCUT2D eigenvalue weighted by atomic mass is 10.0. The van der Waals surface area contributed by atoms with Gasteiger partial charge >= 0.3 is 0 Å². The van der Waals surface area contributed by atoms with Gasteiger partial charge in [-0.15, -0.1) is 0 Å². The molecule has 4 heteroatoms. The van der Waals surface area contributed by atoms with Gasteiger partial charge in [0, 0.05) is 0 Å². The van der Waals surface area contributed by atoms with Crippen molar-refractivity contribution < 1.29 is 9.18 Å². The van der Waals surface area contributed by atoms with Crippen LogP contribution in [0.4, 0.5) is 10.1 Å². The number of hydrogen-bond donors (Lipinski definition) is 1. The maximum atomic E-state index is 12.9. The first-order chi connectivity index (χ1) is 6.07. The Labute approximate surface area is 74.6 Å². The van der Waals surface area contributed by atoms with Crippen LogP contribution < -0.4 is 5.73 Å². The quantitative estimate of drug-likeness (QED) is 0.523. The van der Waals surface area contributed by atoms with Crippen LogP contribution in [0.3, 0.4) is 0 Å². The highest BCUT2D eigenvalue weighted by atomic mass is 19.1. The standard InChI is InChI=1S/C9H7FN2O/c1-5(13)8-6(4-11)2-3-7(10)9(8)12/h2-3H,12H2,1H3. The van der Waals surface area contributed by atoms with Gasteiger partial charge in [-0.3, -0.25) is 4.79 Å². The number of anilines is 1. The van der Waals surface area contributed by atoms with Gasteiger partial charge in [0.1, 0.15) is 5.82 Å². The molecule has 66 valence electrons. The molecule has 0 amide bonds. The lowest BCUT2D eigenvalue weighted by molar-refractivity contribution is 0.101. The molecule has 0 aromatic heterocycles. The molecule has 0 unspecified atom stereocenters. The van der Waals surface area contributed by atoms with Crippen molar-refractivity contribution in [1.29, 1.82) is 5.26 Å². The smallest absolute Gasteiger partial charge is 0.163 e. The van der Waals surface area contributed by atoms with Gasteiger partial charge in [0.05, 0.1) is 22.9 Å². The van der Waals surface area contributed by atoms with Crippen molar-refractivity contribution in [2.45, 2.75) is 6.92 Å². The molecule has 3 nitrogen and oxygen atoms in total. The van der Waals surface area contributed by atoms with Crippen LogP contribution in [0.15, 0.2) is 12.1 Å². The van der Waals surface area contributed by atoms with Gasteiger partial charge in [-0.1, -0.05) is 0 Å². The molecule has 0 bridgehead atoms. The number of hydrogen-bond acceptors (Lipinski definition) is 3. The number of Topliss-reactive ketones (excluding diaryl/α,β-unsaturated/α-hetero) is 1. The summed E-state index contributed by atoms with van der Waals surface area (Å²) in [7, 11) is 0. The molecule has 0 aliphatic heterocycles. The van der Waals surface area contributed by atoms with Gasteiger partial charge in [-0.05, 0) is 19.1 Å². The van der Waals surface area contributed by atoms with Crippen LogP contribution in [0.2, 0.25) is 0 Å². The number of benzene rings is 1. The zero-order valence-corrected chi connectivity index (χ0v) is 6.97. The van der Waals surface area contributed by atoms with Crippen LogP contribution in [0, 0.1) is 17.1 Å². The van der Waals surface area contributed by atoms with E-state index >= 15 is 0 Å². The molecule has 0 saturated carbocycles. The summed E-state index contributed by atoms with van der Waals surface area (Å²) in [5.74, 6) is -1.09. The maximum absolute atomic E-state index is 12.9. The minimum atomic E-state index is -0.677. The fraction of sp³-hybridized carbons (Fsp3) is 0.111. The topological polar surface area (TPSA) is 66.9 Å². The molecule has 0 atom stereocenters. The highest BCUT2D eigenvalue weighted by Gasteiger charge is 2.14. The van der Waals surface area contributed by atoms with Gasteiger partial charge in [0.2, 0.25) is 0 Å². The fourth-order valence-corrected chi connectivity index (χ4v) is 1.07. The molecule has 13 heavy (non-hydrogen) atoms. The summed E-state index contributed by atoms with van der Waals surface area (Å²) in [6, 6.07) is 4.09. The van der Waals surface area contributed by atoms with Crippen molar-refractivity contribution in [3.63, 3.8) is 0 Å². The average molecular weight is 178 g/mol. The number of nitrogen functional groups attached to an aromatic ring is 1. The van der Waals surface area contributed by atoms with E-state index in [0.717, 1.165) is 6.07 Å². The molecule has 0 aliphatic rings. The molecule has 1 aromatic carbocycles. The molecule has 1 rings (SSSR count). The van der Waals surface area contributed by atoms with Gasteiger partial charge in [-0.25, -0.2) is 4.39 Å². The first-order valence-electron chi connectivity index (χ1n) is 3.57. The Morgan fingerprint density at radius 3 is 2.69 bits per heavy atom. The molecular formula is C9H7FN2O. The van der Waals surface area contributed by atoms with E-state index in [1.54, 1.807) is 6.07 Å².